The first kappa shape index (κ1) is 17.2. The van der Waals surface area contributed by atoms with Crippen molar-refractivity contribution in [2.24, 2.45) is 0 Å². The maximum Gasteiger partial charge on any atom is 0.278 e. The van der Waals surface area contributed by atoms with Crippen LogP contribution in [0.15, 0.2) is 59.4 Å². The predicted octanol–water partition coefficient (Wildman–Crippen LogP) is 3.25. The molecule has 0 spiro atoms. The van der Waals surface area contributed by atoms with Crippen molar-refractivity contribution in [1.82, 2.24) is 19.9 Å². The van der Waals surface area contributed by atoms with Gasteiger partial charge in [0.15, 0.2) is 4.77 Å². The van der Waals surface area contributed by atoms with Crippen LogP contribution in [0.2, 0.25) is 0 Å². The molecule has 0 bridgehead atoms. The van der Waals surface area contributed by atoms with Crippen molar-refractivity contribution >= 4 is 40.1 Å². The fraction of sp³-hybridized carbons (Fsp3) is 0.150. The van der Waals surface area contributed by atoms with Crippen LogP contribution in [-0.2, 0) is 17.9 Å². The second kappa shape index (κ2) is 7.20. The highest BCUT2D eigenvalue weighted by molar-refractivity contribution is 7.71. The number of aromatic nitrogens is 3. The summed E-state index contributed by atoms with van der Waals surface area (Å²) in [5.41, 5.74) is 2.84. The van der Waals surface area contributed by atoms with E-state index in [0.29, 0.717) is 22.3 Å². The van der Waals surface area contributed by atoms with Crippen LogP contribution in [0, 0.1) is 4.77 Å². The van der Waals surface area contributed by atoms with E-state index in [-0.39, 0.29) is 24.4 Å². The molecule has 3 N–H and O–H groups in total. The summed E-state index contributed by atoms with van der Waals surface area (Å²) < 4.78 is 1.74. The van der Waals surface area contributed by atoms with Crippen LogP contribution < -0.4 is 10.9 Å². The molecule has 4 rings (SSSR count). The molecule has 136 valence electrons. The SMILES string of the molecule is O=C(CCn1c(=S)[nH]c2c([nH]c3ccccc32)c1=O)NCc1ccccc1. The summed E-state index contributed by atoms with van der Waals surface area (Å²) in [7, 11) is 0. The van der Waals surface area contributed by atoms with Gasteiger partial charge in [-0.25, -0.2) is 0 Å². The molecule has 0 aliphatic carbocycles. The van der Waals surface area contributed by atoms with Gasteiger partial charge >= 0.3 is 0 Å². The molecule has 0 aliphatic heterocycles. The Kier molecular flexibility index (Phi) is 4.60. The number of hydrogen-bond acceptors (Lipinski definition) is 3. The Morgan fingerprint density at radius 1 is 1.00 bits per heavy atom. The molecule has 0 atom stereocenters. The Hall–Kier alpha value is -3.19. The lowest BCUT2D eigenvalue weighted by Gasteiger charge is -2.08. The van der Waals surface area contributed by atoms with E-state index in [1.807, 2.05) is 54.6 Å². The monoisotopic (exact) mass is 378 g/mol. The second-order valence-electron chi connectivity index (χ2n) is 6.32. The Balaban J connectivity index is 1.53. The number of benzene rings is 2. The zero-order valence-electron chi connectivity index (χ0n) is 14.5. The molecule has 0 unspecified atom stereocenters. The average Bonchev–Trinajstić information content (AvgIpc) is 3.06. The van der Waals surface area contributed by atoms with Gasteiger partial charge in [-0.05, 0) is 23.8 Å². The van der Waals surface area contributed by atoms with Gasteiger partial charge in [-0.2, -0.15) is 0 Å². The number of hydrogen-bond donors (Lipinski definition) is 3. The van der Waals surface area contributed by atoms with E-state index in [2.05, 4.69) is 15.3 Å². The van der Waals surface area contributed by atoms with Crippen LogP contribution in [0.3, 0.4) is 0 Å². The number of nitrogens with one attached hydrogen (secondary N) is 3. The third kappa shape index (κ3) is 3.41. The molecule has 27 heavy (non-hydrogen) atoms. The summed E-state index contributed by atoms with van der Waals surface area (Å²) in [6.07, 6.45) is 0.177. The lowest BCUT2D eigenvalue weighted by atomic mass is 10.2. The standard InChI is InChI=1S/C20H18N4O2S/c25-16(21-12-13-6-2-1-3-7-13)10-11-24-19(26)18-17(23-20(24)27)14-8-4-5-9-15(14)22-18/h1-9,22H,10-12H2,(H,21,25)(H,23,27). The number of para-hydroxylation sites is 1. The predicted molar refractivity (Wildman–Crippen MR) is 108 cm³/mol. The van der Waals surface area contributed by atoms with E-state index >= 15 is 0 Å². The third-order valence-electron chi connectivity index (χ3n) is 4.54. The third-order valence-corrected chi connectivity index (χ3v) is 4.86. The van der Waals surface area contributed by atoms with E-state index in [1.165, 1.54) is 4.57 Å². The number of fused-ring (bicyclic) bond motifs is 3. The number of rotatable bonds is 5. The van der Waals surface area contributed by atoms with Gasteiger partial charge in [0.25, 0.3) is 5.56 Å². The summed E-state index contributed by atoms with van der Waals surface area (Å²) in [6.45, 7) is 0.683. The van der Waals surface area contributed by atoms with Crippen LogP contribution in [0.4, 0.5) is 0 Å². The van der Waals surface area contributed by atoms with Crippen molar-refractivity contribution in [3.05, 3.63) is 75.3 Å². The van der Waals surface area contributed by atoms with Crippen molar-refractivity contribution < 1.29 is 4.79 Å². The lowest BCUT2D eigenvalue weighted by molar-refractivity contribution is -0.121. The fourth-order valence-corrected chi connectivity index (χ4v) is 3.41. The van der Waals surface area contributed by atoms with Crippen molar-refractivity contribution in [2.45, 2.75) is 19.5 Å². The highest BCUT2D eigenvalue weighted by Gasteiger charge is 2.12. The normalized spacial score (nSPS) is 11.1. The summed E-state index contributed by atoms with van der Waals surface area (Å²) in [5, 5.41) is 3.78. The highest BCUT2D eigenvalue weighted by atomic mass is 32.1. The van der Waals surface area contributed by atoms with Crippen LogP contribution in [-0.4, -0.2) is 20.4 Å². The molecule has 1 amide bonds. The molecular formula is C20H18N4O2S. The van der Waals surface area contributed by atoms with Crippen molar-refractivity contribution in [3.63, 3.8) is 0 Å². The van der Waals surface area contributed by atoms with E-state index in [4.69, 9.17) is 12.2 Å². The summed E-state index contributed by atoms with van der Waals surface area (Å²) in [5.74, 6) is -0.128. The van der Waals surface area contributed by atoms with Gasteiger partial charge in [-0.3, -0.25) is 14.2 Å². The number of carbonyl (C=O) groups excluding carboxylic acids is 1. The van der Waals surface area contributed by atoms with Crippen LogP contribution in [0.5, 0.6) is 0 Å². The molecule has 4 aromatic rings. The average molecular weight is 378 g/mol. The minimum Gasteiger partial charge on any atom is -0.352 e. The molecular weight excluding hydrogens is 360 g/mol. The van der Waals surface area contributed by atoms with E-state index in [9.17, 15) is 9.59 Å². The molecule has 2 heterocycles. The minimum absolute atomic E-state index is 0.128. The van der Waals surface area contributed by atoms with Gasteiger partial charge in [0.2, 0.25) is 5.91 Å². The second-order valence-corrected chi connectivity index (χ2v) is 6.71. The van der Waals surface area contributed by atoms with E-state index in [1.54, 1.807) is 0 Å². The first-order chi connectivity index (χ1) is 13.1. The molecule has 0 fully saturated rings. The number of H-pyrrole nitrogens is 2. The van der Waals surface area contributed by atoms with Gasteiger partial charge < -0.3 is 15.3 Å². The molecule has 6 nitrogen and oxygen atoms in total. The van der Waals surface area contributed by atoms with Gasteiger partial charge in [0, 0.05) is 30.4 Å². The fourth-order valence-electron chi connectivity index (χ4n) is 3.14. The number of carbonyl (C=O) groups is 1. The molecule has 0 aliphatic rings. The summed E-state index contributed by atoms with van der Waals surface area (Å²) >= 11 is 5.35. The molecule has 2 aromatic carbocycles. The minimum atomic E-state index is -0.221. The number of nitrogens with zero attached hydrogens (tertiary/aromatic N) is 1. The van der Waals surface area contributed by atoms with Crippen LogP contribution in [0.1, 0.15) is 12.0 Å². The Labute approximate surface area is 159 Å². The summed E-state index contributed by atoms with van der Waals surface area (Å²) in [4.78, 5) is 31.2. The first-order valence-corrected chi connectivity index (χ1v) is 9.08. The van der Waals surface area contributed by atoms with Crippen LogP contribution in [0.25, 0.3) is 21.9 Å². The Morgan fingerprint density at radius 3 is 2.56 bits per heavy atom. The zero-order valence-corrected chi connectivity index (χ0v) is 15.3. The topological polar surface area (TPSA) is 82.7 Å². The first-order valence-electron chi connectivity index (χ1n) is 8.67. The zero-order chi connectivity index (χ0) is 18.8. The Bertz CT molecular complexity index is 1240. The van der Waals surface area contributed by atoms with Crippen molar-refractivity contribution in [3.8, 4) is 0 Å². The molecule has 0 radical (unpaired) electrons. The van der Waals surface area contributed by atoms with Gasteiger partial charge in [-0.15, -0.1) is 0 Å². The van der Waals surface area contributed by atoms with Crippen molar-refractivity contribution in [2.75, 3.05) is 0 Å². The van der Waals surface area contributed by atoms with Crippen molar-refractivity contribution in [1.29, 1.82) is 0 Å². The number of amides is 1. The van der Waals surface area contributed by atoms with E-state index < -0.39 is 0 Å². The van der Waals surface area contributed by atoms with E-state index in [0.717, 1.165) is 16.5 Å². The van der Waals surface area contributed by atoms with Crippen LogP contribution >= 0.6 is 12.2 Å². The quantitative estimate of drug-likeness (QED) is 0.466. The molecule has 2 aromatic heterocycles. The Morgan fingerprint density at radius 2 is 1.74 bits per heavy atom. The number of aromatic amines is 2. The maximum atomic E-state index is 12.8. The van der Waals surface area contributed by atoms with Gasteiger partial charge in [0.1, 0.15) is 5.52 Å². The van der Waals surface area contributed by atoms with Gasteiger partial charge in [-0.1, -0.05) is 48.5 Å². The highest BCUT2D eigenvalue weighted by Crippen LogP contribution is 2.20. The summed E-state index contributed by atoms with van der Waals surface area (Å²) in [6, 6.07) is 17.3. The largest absolute Gasteiger partial charge is 0.352 e. The lowest BCUT2D eigenvalue weighted by Crippen LogP contribution is -2.28. The molecule has 0 saturated carbocycles. The molecule has 7 heteroatoms. The maximum absolute atomic E-state index is 12.8. The molecule has 0 saturated heterocycles. The smallest absolute Gasteiger partial charge is 0.278 e. The van der Waals surface area contributed by atoms with Gasteiger partial charge in [0.05, 0.1) is 5.52 Å².